The molecule has 0 N–H and O–H groups in total. The lowest BCUT2D eigenvalue weighted by Gasteiger charge is -2.30. The summed E-state index contributed by atoms with van der Waals surface area (Å²) in [6.45, 7) is 4.61. The molecule has 100 valence electrons. The number of rotatable bonds is 1. The zero-order chi connectivity index (χ0) is 12.8. The Bertz CT molecular complexity index is 604. The Labute approximate surface area is 125 Å². The number of oxazole rings is 1. The first-order valence-electron chi connectivity index (χ1n) is 6.85. The van der Waals surface area contributed by atoms with E-state index < -0.39 is 0 Å². The molecule has 1 aromatic carbocycles. The molecule has 3 aliphatic heterocycles. The van der Waals surface area contributed by atoms with E-state index in [1.807, 2.05) is 6.07 Å². The van der Waals surface area contributed by atoms with Crippen molar-refractivity contribution >= 4 is 39.7 Å². The Kier molecular flexibility index (Phi) is 2.91. The molecule has 4 heterocycles. The van der Waals surface area contributed by atoms with E-state index in [9.17, 15) is 0 Å². The number of nitrogens with zero attached hydrogens (tertiary/aromatic N) is 3. The van der Waals surface area contributed by atoms with Crippen LogP contribution < -0.4 is 4.90 Å². The Morgan fingerprint density at radius 3 is 2.84 bits per heavy atom. The summed E-state index contributed by atoms with van der Waals surface area (Å²) in [5.74, 6) is 0. The molecule has 5 heteroatoms. The number of benzene rings is 1. The van der Waals surface area contributed by atoms with Crippen LogP contribution in [0, 0.1) is 3.57 Å². The quantitative estimate of drug-likeness (QED) is 0.724. The summed E-state index contributed by atoms with van der Waals surface area (Å²) in [6, 6.07) is 7.59. The van der Waals surface area contributed by atoms with E-state index in [1.165, 1.54) is 29.5 Å². The first kappa shape index (κ1) is 12.0. The van der Waals surface area contributed by atoms with Crippen LogP contribution in [0.4, 0.5) is 6.01 Å². The van der Waals surface area contributed by atoms with Crippen LogP contribution in [0.15, 0.2) is 22.6 Å². The van der Waals surface area contributed by atoms with Crippen molar-refractivity contribution in [1.82, 2.24) is 9.88 Å². The second-order valence-corrected chi connectivity index (χ2v) is 6.62. The van der Waals surface area contributed by atoms with Crippen molar-refractivity contribution in [3.8, 4) is 0 Å². The predicted molar refractivity (Wildman–Crippen MR) is 83.5 cm³/mol. The molecule has 0 saturated carbocycles. The van der Waals surface area contributed by atoms with Gasteiger partial charge in [-0.25, -0.2) is 0 Å². The molecular formula is C14H16IN3O. The molecule has 0 atom stereocenters. The number of hydrogen-bond donors (Lipinski definition) is 0. The molecule has 0 aliphatic carbocycles. The molecule has 0 radical (unpaired) electrons. The summed E-state index contributed by atoms with van der Waals surface area (Å²) in [5.41, 5.74) is 1.87. The van der Waals surface area contributed by atoms with E-state index in [1.54, 1.807) is 0 Å². The van der Waals surface area contributed by atoms with Crippen LogP contribution in [0.2, 0.25) is 0 Å². The minimum absolute atomic E-state index is 0.603. The largest absolute Gasteiger partial charge is 0.423 e. The third-order valence-corrected chi connectivity index (χ3v) is 4.91. The fraction of sp³-hybridized carbons (Fsp3) is 0.500. The van der Waals surface area contributed by atoms with Crippen LogP contribution in [-0.4, -0.2) is 42.1 Å². The Morgan fingerprint density at radius 2 is 2.00 bits per heavy atom. The topological polar surface area (TPSA) is 32.5 Å². The average molecular weight is 369 g/mol. The molecule has 3 aliphatic rings. The van der Waals surface area contributed by atoms with Gasteiger partial charge in [0.1, 0.15) is 5.52 Å². The molecule has 5 rings (SSSR count). The number of piperidine rings is 1. The van der Waals surface area contributed by atoms with E-state index in [2.05, 4.69) is 44.5 Å². The highest BCUT2D eigenvalue weighted by molar-refractivity contribution is 14.1. The number of halogens is 1. The van der Waals surface area contributed by atoms with Crippen LogP contribution in [0.3, 0.4) is 0 Å². The number of hydrogen-bond acceptors (Lipinski definition) is 4. The minimum Gasteiger partial charge on any atom is -0.423 e. The zero-order valence-electron chi connectivity index (χ0n) is 10.7. The third-order valence-electron chi connectivity index (χ3n) is 4.24. The summed E-state index contributed by atoms with van der Waals surface area (Å²) in [5, 5.41) is 0. The van der Waals surface area contributed by atoms with Crippen LogP contribution in [0.1, 0.15) is 12.8 Å². The Hall–Kier alpha value is -0.820. The van der Waals surface area contributed by atoms with Gasteiger partial charge in [-0.3, -0.25) is 0 Å². The van der Waals surface area contributed by atoms with Crippen molar-refractivity contribution in [3.05, 3.63) is 21.8 Å². The van der Waals surface area contributed by atoms with Crippen molar-refractivity contribution in [1.29, 1.82) is 0 Å². The van der Waals surface area contributed by atoms with Gasteiger partial charge in [-0.1, -0.05) is 0 Å². The highest BCUT2D eigenvalue weighted by Gasteiger charge is 2.31. The first-order valence-corrected chi connectivity index (χ1v) is 7.92. The maximum atomic E-state index is 5.96. The molecular weight excluding hydrogens is 353 g/mol. The van der Waals surface area contributed by atoms with Gasteiger partial charge in [-0.05, 0) is 53.6 Å². The number of anilines is 1. The van der Waals surface area contributed by atoms with Gasteiger partial charge >= 0.3 is 0 Å². The summed E-state index contributed by atoms with van der Waals surface area (Å²) in [7, 11) is 0. The second kappa shape index (κ2) is 4.63. The summed E-state index contributed by atoms with van der Waals surface area (Å²) in [4.78, 5) is 9.61. The molecule has 2 bridgehead atoms. The molecule has 3 saturated heterocycles. The zero-order valence-corrected chi connectivity index (χ0v) is 12.8. The average Bonchev–Trinajstić information content (AvgIpc) is 2.61. The smallest absolute Gasteiger partial charge is 0.298 e. The predicted octanol–water partition coefficient (Wildman–Crippen LogP) is 2.72. The monoisotopic (exact) mass is 369 g/mol. The second-order valence-electron chi connectivity index (χ2n) is 5.37. The molecule has 2 aromatic rings. The highest BCUT2D eigenvalue weighted by Crippen LogP contribution is 2.29. The molecule has 4 nitrogen and oxygen atoms in total. The maximum Gasteiger partial charge on any atom is 0.298 e. The lowest BCUT2D eigenvalue weighted by Crippen LogP contribution is -2.38. The van der Waals surface area contributed by atoms with Crippen LogP contribution >= 0.6 is 22.6 Å². The molecule has 0 spiro atoms. The first-order chi connectivity index (χ1) is 9.29. The van der Waals surface area contributed by atoms with Crippen LogP contribution in [0.25, 0.3) is 11.1 Å². The van der Waals surface area contributed by atoms with Crippen molar-refractivity contribution < 1.29 is 4.42 Å². The van der Waals surface area contributed by atoms with E-state index in [-0.39, 0.29) is 0 Å². The summed E-state index contributed by atoms with van der Waals surface area (Å²) in [6.07, 6.45) is 2.46. The molecule has 19 heavy (non-hydrogen) atoms. The van der Waals surface area contributed by atoms with E-state index >= 15 is 0 Å². The van der Waals surface area contributed by atoms with Gasteiger partial charge in [-0.2, -0.15) is 4.98 Å². The van der Waals surface area contributed by atoms with Crippen LogP contribution in [-0.2, 0) is 0 Å². The van der Waals surface area contributed by atoms with Gasteiger partial charge in [0.05, 0.1) is 0 Å². The van der Waals surface area contributed by atoms with Gasteiger partial charge in [-0.15, -0.1) is 0 Å². The van der Waals surface area contributed by atoms with Crippen LogP contribution in [0.5, 0.6) is 0 Å². The summed E-state index contributed by atoms with van der Waals surface area (Å²) >= 11 is 2.31. The standard InChI is InChI=1S/C14H16IN3O/c15-10-1-2-13-12(9-10)16-14(19-13)18-8-7-17-5-3-11(18)4-6-17/h1-2,9,11H,3-8H2. The lowest BCUT2D eigenvalue weighted by atomic mass is 10.1. The Morgan fingerprint density at radius 1 is 1.16 bits per heavy atom. The fourth-order valence-electron chi connectivity index (χ4n) is 3.15. The van der Waals surface area contributed by atoms with Gasteiger partial charge < -0.3 is 14.2 Å². The van der Waals surface area contributed by atoms with Gasteiger partial charge in [0, 0.05) is 35.8 Å². The van der Waals surface area contributed by atoms with Crippen molar-refractivity contribution in [2.24, 2.45) is 0 Å². The fourth-order valence-corrected chi connectivity index (χ4v) is 3.62. The molecule has 3 fully saturated rings. The lowest BCUT2D eigenvalue weighted by molar-refractivity contribution is 0.249. The molecule has 1 aromatic heterocycles. The van der Waals surface area contributed by atoms with Crippen molar-refractivity contribution in [2.45, 2.75) is 18.9 Å². The van der Waals surface area contributed by atoms with Crippen molar-refractivity contribution in [2.75, 3.05) is 31.1 Å². The minimum atomic E-state index is 0.603. The van der Waals surface area contributed by atoms with E-state index in [0.717, 1.165) is 30.2 Å². The van der Waals surface area contributed by atoms with Gasteiger partial charge in [0.15, 0.2) is 5.58 Å². The Balaban J connectivity index is 1.72. The van der Waals surface area contributed by atoms with Crippen molar-refractivity contribution in [3.63, 3.8) is 0 Å². The highest BCUT2D eigenvalue weighted by atomic mass is 127. The molecule has 0 unspecified atom stereocenters. The third kappa shape index (κ3) is 2.12. The maximum absolute atomic E-state index is 5.96. The van der Waals surface area contributed by atoms with E-state index in [0.29, 0.717) is 6.04 Å². The molecule has 0 amide bonds. The van der Waals surface area contributed by atoms with Gasteiger partial charge in [0.2, 0.25) is 0 Å². The van der Waals surface area contributed by atoms with E-state index in [4.69, 9.17) is 9.40 Å². The number of aromatic nitrogens is 1. The number of fused-ring (bicyclic) bond motifs is 5. The SMILES string of the molecule is Ic1ccc2oc(N3CCN4CCC3CC4)nc2c1. The van der Waals surface area contributed by atoms with Gasteiger partial charge in [0.25, 0.3) is 6.01 Å². The normalized spacial score (nSPS) is 26.9. The summed E-state index contributed by atoms with van der Waals surface area (Å²) < 4.78 is 7.16.